The quantitative estimate of drug-likeness (QED) is 0.394. The Labute approximate surface area is 149 Å². The molecule has 0 unspecified atom stereocenters. The van der Waals surface area contributed by atoms with E-state index in [0.29, 0.717) is 0 Å². The Hall–Kier alpha value is -0.370. The second kappa shape index (κ2) is 14.2. The number of unbranched alkanes of at least 4 members (excludes halogenated alkanes) is 9. The fraction of sp³-hybridized carbons (Fsp3) is 0.750. The van der Waals surface area contributed by atoms with E-state index in [-0.39, 0.29) is 17.0 Å². The second-order valence-electron chi connectivity index (χ2n) is 6.41. The number of hydrogen-bond donors (Lipinski definition) is 0. The number of nitrogens with zero attached hydrogens (tertiary/aromatic N) is 1. The van der Waals surface area contributed by atoms with Crippen LogP contribution >= 0.6 is 0 Å². The molecule has 0 aliphatic rings. The highest BCUT2D eigenvalue weighted by atomic mass is 79.9. The van der Waals surface area contributed by atoms with Gasteiger partial charge in [0.2, 0.25) is 0 Å². The van der Waals surface area contributed by atoms with E-state index in [9.17, 15) is 0 Å². The average molecular weight is 370 g/mol. The highest BCUT2D eigenvalue weighted by Crippen LogP contribution is 2.10. The fourth-order valence-corrected chi connectivity index (χ4v) is 2.89. The average Bonchev–Trinajstić information content (AvgIpc) is 2.51. The predicted molar refractivity (Wildman–Crippen MR) is 92.6 cm³/mol. The lowest BCUT2D eigenvalue weighted by molar-refractivity contribution is -0.703. The molecule has 0 radical (unpaired) electrons. The molecule has 1 aromatic rings. The standard InChI is InChI=1S/C20H36N.BrH/c1-4-6-7-8-9-10-11-12-13-14-17-21-18-20(5-2)16-15-19(21)3;/h15-16,18H,4-14,17H2,1-3H3;1H/q+1;/p-1. The molecule has 1 nitrogen and oxygen atoms in total. The van der Waals surface area contributed by atoms with Crippen LogP contribution in [0.25, 0.3) is 0 Å². The van der Waals surface area contributed by atoms with Crippen LogP contribution in [0, 0.1) is 6.92 Å². The van der Waals surface area contributed by atoms with Crippen LogP contribution in [-0.4, -0.2) is 0 Å². The Kier molecular flexibility index (Phi) is 14.0. The van der Waals surface area contributed by atoms with Gasteiger partial charge in [0, 0.05) is 25.0 Å². The summed E-state index contributed by atoms with van der Waals surface area (Å²) in [7, 11) is 0. The van der Waals surface area contributed by atoms with Gasteiger partial charge in [-0.25, -0.2) is 4.57 Å². The molecule has 128 valence electrons. The molecule has 0 aliphatic heterocycles. The van der Waals surface area contributed by atoms with Crippen molar-refractivity contribution in [2.45, 2.75) is 97.9 Å². The van der Waals surface area contributed by atoms with E-state index in [1.165, 1.54) is 82.0 Å². The summed E-state index contributed by atoms with van der Waals surface area (Å²) in [4.78, 5) is 0. The maximum absolute atomic E-state index is 2.43. The molecule has 0 atom stereocenters. The molecule has 0 saturated carbocycles. The van der Waals surface area contributed by atoms with Crippen molar-refractivity contribution in [3.63, 3.8) is 0 Å². The lowest BCUT2D eigenvalue weighted by atomic mass is 10.1. The first kappa shape index (κ1) is 21.6. The van der Waals surface area contributed by atoms with Gasteiger partial charge in [-0.2, -0.15) is 0 Å². The Morgan fingerprint density at radius 3 is 1.86 bits per heavy atom. The maximum atomic E-state index is 2.43. The van der Waals surface area contributed by atoms with Crippen LogP contribution in [0.4, 0.5) is 0 Å². The van der Waals surface area contributed by atoms with E-state index in [0.717, 1.165) is 6.42 Å². The second-order valence-corrected chi connectivity index (χ2v) is 6.41. The van der Waals surface area contributed by atoms with Gasteiger partial charge in [0.25, 0.3) is 0 Å². The number of aryl methyl sites for hydroxylation is 3. The van der Waals surface area contributed by atoms with Crippen molar-refractivity contribution in [1.29, 1.82) is 0 Å². The molecule has 0 bridgehead atoms. The third kappa shape index (κ3) is 9.61. The summed E-state index contributed by atoms with van der Waals surface area (Å²) < 4.78 is 2.43. The van der Waals surface area contributed by atoms with Gasteiger partial charge in [-0.3, -0.25) is 0 Å². The lowest BCUT2D eigenvalue weighted by Gasteiger charge is -2.04. The Balaban J connectivity index is 0.00000441. The van der Waals surface area contributed by atoms with Crippen molar-refractivity contribution in [2.75, 3.05) is 0 Å². The SMILES string of the molecule is CCCCCCCCCCCC[n+]1cc(CC)ccc1C.[Br-]. The summed E-state index contributed by atoms with van der Waals surface area (Å²) in [6.45, 7) is 7.93. The maximum Gasteiger partial charge on any atom is 0.178 e. The zero-order valence-corrected chi connectivity index (χ0v) is 16.6. The molecular formula is C20H36BrN. The number of rotatable bonds is 12. The van der Waals surface area contributed by atoms with E-state index in [1.54, 1.807) is 0 Å². The van der Waals surface area contributed by atoms with E-state index >= 15 is 0 Å². The third-order valence-corrected chi connectivity index (χ3v) is 4.47. The molecule has 1 heterocycles. The van der Waals surface area contributed by atoms with Crippen LogP contribution in [0.1, 0.15) is 89.3 Å². The molecule has 0 saturated heterocycles. The van der Waals surface area contributed by atoms with Crippen molar-refractivity contribution in [3.8, 4) is 0 Å². The molecule has 0 aromatic carbocycles. The van der Waals surface area contributed by atoms with Gasteiger partial charge < -0.3 is 17.0 Å². The Morgan fingerprint density at radius 2 is 1.32 bits per heavy atom. The lowest BCUT2D eigenvalue weighted by Crippen LogP contribution is -3.00. The minimum atomic E-state index is 0. The predicted octanol–water partition coefficient (Wildman–Crippen LogP) is 2.77. The molecule has 1 rings (SSSR count). The topological polar surface area (TPSA) is 3.88 Å². The number of hydrogen-bond acceptors (Lipinski definition) is 0. The Morgan fingerprint density at radius 1 is 0.773 bits per heavy atom. The van der Waals surface area contributed by atoms with Gasteiger partial charge in [0.05, 0.1) is 0 Å². The summed E-state index contributed by atoms with van der Waals surface area (Å²) in [6.07, 6.45) is 17.6. The van der Waals surface area contributed by atoms with Crippen molar-refractivity contribution in [1.82, 2.24) is 0 Å². The molecular weight excluding hydrogens is 334 g/mol. The van der Waals surface area contributed by atoms with Crippen LogP contribution in [0.5, 0.6) is 0 Å². The van der Waals surface area contributed by atoms with Gasteiger partial charge in [-0.15, -0.1) is 0 Å². The zero-order chi connectivity index (χ0) is 15.3. The molecule has 2 heteroatoms. The van der Waals surface area contributed by atoms with Gasteiger partial charge in [0.15, 0.2) is 11.9 Å². The number of pyridine rings is 1. The zero-order valence-electron chi connectivity index (χ0n) is 15.0. The summed E-state index contributed by atoms with van der Waals surface area (Å²) in [6, 6.07) is 4.51. The largest absolute Gasteiger partial charge is 1.00 e. The normalized spacial score (nSPS) is 10.5. The molecule has 0 aliphatic carbocycles. The van der Waals surface area contributed by atoms with Gasteiger partial charge in [0.1, 0.15) is 6.54 Å². The summed E-state index contributed by atoms with van der Waals surface area (Å²) >= 11 is 0. The summed E-state index contributed by atoms with van der Waals surface area (Å²) in [5, 5.41) is 0. The van der Waals surface area contributed by atoms with Crippen LogP contribution < -0.4 is 21.5 Å². The summed E-state index contributed by atoms with van der Waals surface area (Å²) in [5.41, 5.74) is 2.84. The molecule has 1 aromatic heterocycles. The smallest absolute Gasteiger partial charge is 0.178 e. The first-order chi connectivity index (χ1) is 10.3. The number of aromatic nitrogens is 1. The summed E-state index contributed by atoms with van der Waals surface area (Å²) in [5.74, 6) is 0. The Bertz CT molecular complexity index is 376. The van der Waals surface area contributed by atoms with Gasteiger partial charge >= 0.3 is 0 Å². The molecule has 0 amide bonds. The van der Waals surface area contributed by atoms with Crippen molar-refractivity contribution in [2.24, 2.45) is 0 Å². The molecule has 22 heavy (non-hydrogen) atoms. The minimum absolute atomic E-state index is 0. The highest BCUT2D eigenvalue weighted by Gasteiger charge is 2.06. The van der Waals surface area contributed by atoms with E-state index in [4.69, 9.17) is 0 Å². The van der Waals surface area contributed by atoms with E-state index in [2.05, 4.69) is 43.7 Å². The van der Waals surface area contributed by atoms with Crippen molar-refractivity contribution in [3.05, 3.63) is 29.6 Å². The van der Waals surface area contributed by atoms with Crippen molar-refractivity contribution < 1.29 is 21.5 Å². The molecule has 0 spiro atoms. The van der Waals surface area contributed by atoms with E-state index < -0.39 is 0 Å². The third-order valence-electron chi connectivity index (χ3n) is 4.47. The highest BCUT2D eigenvalue weighted by molar-refractivity contribution is 5.08. The first-order valence-corrected chi connectivity index (χ1v) is 9.27. The van der Waals surface area contributed by atoms with Crippen LogP contribution in [0.15, 0.2) is 18.3 Å². The van der Waals surface area contributed by atoms with Gasteiger partial charge in [-0.05, 0) is 18.9 Å². The van der Waals surface area contributed by atoms with Crippen LogP contribution in [0.2, 0.25) is 0 Å². The number of halogens is 1. The fourth-order valence-electron chi connectivity index (χ4n) is 2.89. The van der Waals surface area contributed by atoms with Gasteiger partial charge in [-0.1, -0.05) is 65.2 Å². The van der Waals surface area contributed by atoms with E-state index in [1.807, 2.05) is 0 Å². The van der Waals surface area contributed by atoms with Crippen LogP contribution in [0.3, 0.4) is 0 Å². The van der Waals surface area contributed by atoms with Crippen molar-refractivity contribution >= 4 is 0 Å². The monoisotopic (exact) mass is 369 g/mol. The van der Waals surface area contributed by atoms with Crippen LogP contribution in [-0.2, 0) is 13.0 Å². The first-order valence-electron chi connectivity index (χ1n) is 9.27. The molecule has 0 N–H and O–H groups in total. The minimum Gasteiger partial charge on any atom is -1.00 e. The molecule has 0 fully saturated rings.